The van der Waals surface area contributed by atoms with E-state index in [4.69, 9.17) is 23.2 Å². The van der Waals surface area contributed by atoms with Crippen LogP contribution in [0.1, 0.15) is 30.0 Å². The highest BCUT2D eigenvalue weighted by Gasteiger charge is 2.32. The summed E-state index contributed by atoms with van der Waals surface area (Å²) in [4.78, 5) is 4.38. The maximum atomic E-state index is 10.0. The number of halogens is 2. The average molecular weight is 409 g/mol. The number of hydrogen-bond donors (Lipinski definition) is 1. The zero-order chi connectivity index (χ0) is 20.1. The number of nitriles is 1. The summed E-state index contributed by atoms with van der Waals surface area (Å²) in [6.07, 6.45) is 2.17. The first kappa shape index (κ1) is 19.9. The summed E-state index contributed by atoms with van der Waals surface area (Å²) in [5.74, 6) is -0.0648. The van der Waals surface area contributed by atoms with Gasteiger partial charge in [0.05, 0.1) is 16.8 Å². The number of nitrogens with zero attached hydrogens (tertiary/aromatic N) is 2. The van der Waals surface area contributed by atoms with Crippen molar-refractivity contribution in [3.63, 3.8) is 0 Å². The van der Waals surface area contributed by atoms with Crippen molar-refractivity contribution in [2.24, 2.45) is 4.99 Å². The lowest BCUT2D eigenvalue weighted by Crippen LogP contribution is -2.24. The van der Waals surface area contributed by atoms with E-state index in [2.05, 4.69) is 11.1 Å². The molecular weight excluding hydrogens is 391 g/mol. The molecule has 0 radical (unpaired) electrons. The summed E-state index contributed by atoms with van der Waals surface area (Å²) in [6.45, 7) is 2.01. The predicted molar refractivity (Wildman–Crippen MR) is 115 cm³/mol. The standard InChI is InChI=1S/C23H18Cl2N2O/c1-2-23(15-26,17-6-4-3-5-7-17)18-8-10-20(11-9-18)27-14-16-12-19(24)13-21(25)22(16)28/h3-14,28H,2H2,1H3. The van der Waals surface area contributed by atoms with Crippen LogP contribution in [-0.4, -0.2) is 11.3 Å². The Hall–Kier alpha value is -2.80. The third-order valence-electron chi connectivity index (χ3n) is 4.76. The van der Waals surface area contributed by atoms with Crippen LogP contribution in [0.25, 0.3) is 0 Å². The summed E-state index contributed by atoms with van der Waals surface area (Å²) >= 11 is 11.9. The Morgan fingerprint density at radius 3 is 2.29 bits per heavy atom. The van der Waals surface area contributed by atoms with Crippen molar-refractivity contribution in [1.29, 1.82) is 5.26 Å². The normalized spacial score (nSPS) is 13.2. The Balaban J connectivity index is 1.92. The lowest BCUT2D eigenvalue weighted by Gasteiger charge is -2.26. The second kappa shape index (κ2) is 8.48. The molecule has 0 fully saturated rings. The molecule has 3 aromatic carbocycles. The largest absolute Gasteiger partial charge is 0.506 e. The Morgan fingerprint density at radius 1 is 1.04 bits per heavy atom. The van der Waals surface area contributed by atoms with Crippen molar-refractivity contribution in [3.05, 3.63) is 93.5 Å². The van der Waals surface area contributed by atoms with Gasteiger partial charge < -0.3 is 5.11 Å². The fourth-order valence-corrected chi connectivity index (χ4v) is 3.68. The quantitative estimate of drug-likeness (QED) is 0.479. The van der Waals surface area contributed by atoms with Crippen molar-refractivity contribution in [3.8, 4) is 11.8 Å². The third kappa shape index (κ3) is 3.89. The number of phenols is 1. The first-order valence-electron chi connectivity index (χ1n) is 8.79. The molecule has 3 aromatic rings. The lowest BCUT2D eigenvalue weighted by atomic mass is 9.74. The highest BCUT2D eigenvalue weighted by molar-refractivity contribution is 6.36. The van der Waals surface area contributed by atoms with Gasteiger partial charge in [-0.05, 0) is 41.8 Å². The van der Waals surface area contributed by atoms with E-state index in [-0.39, 0.29) is 10.8 Å². The Labute approximate surface area is 174 Å². The number of phenolic OH excluding ortho intramolecular Hbond substituents is 1. The molecule has 0 bridgehead atoms. The van der Waals surface area contributed by atoms with E-state index in [1.165, 1.54) is 12.3 Å². The summed E-state index contributed by atoms with van der Waals surface area (Å²) in [5, 5.41) is 20.6. The molecule has 0 aliphatic rings. The molecule has 1 atom stereocenters. The molecule has 140 valence electrons. The molecule has 1 unspecified atom stereocenters. The second-order valence-corrected chi connectivity index (χ2v) is 7.21. The first-order chi connectivity index (χ1) is 13.5. The molecule has 3 rings (SSSR count). The molecule has 0 saturated heterocycles. The van der Waals surface area contributed by atoms with Gasteiger partial charge in [0.25, 0.3) is 0 Å². The predicted octanol–water partition coefficient (Wildman–Crippen LogP) is 6.67. The van der Waals surface area contributed by atoms with Gasteiger partial charge in [-0.15, -0.1) is 0 Å². The molecule has 0 aliphatic heterocycles. The van der Waals surface area contributed by atoms with Crippen LogP contribution in [0.5, 0.6) is 5.75 Å². The highest BCUT2D eigenvalue weighted by atomic mass is 35.5. The van der Waals surface area contributed by atoms with Crippen LogP contribution in [0.15, 0.2) is 71.7 Å². The van der Waals surface area contributed by atoms with Crippen LogP contribution in [0.2, 0.25) is 10.0 Å². The van der Waals surface area contributed by atoms with E-state index in [0.29, 0.717) is 22.7 Å². The number of aliphatic imine (C=N–C) groups is 1. The van der Waals surface area contributed by atoms with Crippen molar-refractivity contribution in [2.45, 2.75) is 18.8 Å². The molecule has 0 aromatic heterocycles. The van der Waals surface area contributed by atoms with Crippen molar-refractivity contribution >= 4 is 35.1 Å². The smallest absolute Gasteiger partial charge is 0.143 e. The Bertz CT molecular complexity index is 1040. The van der Waals surface area contributed by atoms with E-state index in [9.17, 15) is 10.4 Å². The van der Waals surface area contributed by atoms with Crippen LogP contribution < -0.4 is 0 Å². The topological polar surface area (TPSA) is 56.4 Å². The van der Waals surface area contributed by atoms with E-state index in [1.807, 2.05) is 61.5 Å². The monoisotopic (exact) mass is 408 g/mol. The second-order valence-electron chi connectivity index (χ2n) is 6.37. The van der Waals surface area contributed by atoms with Crippen molar-refractivity contribution in [1.82, 2.24) is 0 Å². The number of benzene rings is 3. The van der Waals surface area contributed by atoms with Crippen LogP contribution in [-0.2, 0) is 5.41 Å². The zero-order valence-corrected chi connectivity index (χ0v) is 16.7. The molecule has 0 heterocycles. The molecule has 0 saturated carbocycles. The SMILES string of the molecule is CCC(C#N)(c1ccccc1)c1ccc(N=Cc2cc(Cl)cc(Cl)c2O)cc1. The summed E-state index contributed by atoms with van der Waals surface area (Å²) < 4.78 is 0. The fourth-order valence-electron chi connectivity index (χ4n) is 3.17. The molecular formula is C23H18Cl2N2O. The van der Waals surface area contributed by atoms with E-state index in [0.717, 1.165) is 11.1 Å². The summed E-state index contributed by atoms with van der Waals surface area (Å²) in [5.41, 5.74) is 2.30. The van der Waals surface area contributed by atoms with Crippen LogP contribution in [0.4, 0.5) is 5.69 Å². The minimum Gasteiger partial charge on any atom is -0.506 e. The lowest BCUT2D eigenvalue weighted by molar-refractivity contribution is 0.475. The van der Waals surface area contributed by atoms with Gasteiger partial charge in [-0.2, -0.15) is 5.26 Å². The van der Waals surface area contributed by atoms with E-state index >= 15 is 0 Å². The first-order valence-corrected chi connectivity index (χ1v) is 9.55. The minimum absolute atomic E-state index is 0.0648. The van der Waals surface area contributed by atoms with Crippen LogP contribution in [0.3, 0.4) is 0 Å². The molecule has 28 heavy (non-hydrogen) atoms. The van der Waals surface area contributed by atoms with Crippen LogP contribution >= 0.6 is 23.2 Å². The number of hydrogen-bond acceptors (Lipinski definition) is 3. The van der Waals surface area contributed by atoms with E-state index in [1.54, 1.807) is 6.07 Å². The Morgan fingerprint density at radius 2 is 1.68 bits per heavy atom. The fraction of sp³-hybridized carbons (Fsp3) is 0.130. The maximum Gasteiger partial charge on any atom is 0.143 e. The molecule has 3 nitrogen and oxygen atoms in total. The number of aromatic hydroxyl groups is 1. The summed E-state index contributed by atoms with van der Waals surface area (Å²) in [7, 11) is 0. The van der Waals surface area contributed by atoms with Gasteiger partial charge in [0.2, 0.25) is 0 Å². The minimum atomic E-state index is -0.706. The van der Waals surface area contributed by atoms with Gasteiger partial charge >= 0.3 is 0 Å². The molecule has 1 N–H and O–H groups in total. The van der Waals surface area contributed by atoms with Gasteiger partial charge in [-0.3, -0.25) is 4.99 Å². The Kier molecular flexibility index (Phi) is 6.04. The molecule has 0 spiro atoms. The van der Waals surface area contributed by atoms with Crippen molar-refractivity contribution in [2.75, 3.05) is 0 Å². The average Bonchev–Trinajstić information content (AvgIpc) is 2.72. The van der Waals surface area contributed by atoms with Gasteiger partial charge in [-0.1, -0.05) is 72.6 Å². The van der Waals surface area contributed by atoms with Gasteiger partial charge in [-0.25, -0.2) is 0 Å². The van der Waals surface area contributed by atoms with Gasteiger partial charge in [0.1, 0.15) is 11.2 Å². The van der Waals surface area contributed by atoms with Gasteiger partial charge in [0, 0.05) is 16.8 Å². The molecule has 5 heteroatoms. The maximum absolute atomic E-state index is 10.0. The van der Waals surface area contributed by atoms with E-state index < -0.39 is 5.41 Å². The third-order valence-corrected chi connectivity index (χ3v) is 5.26. The summed E-state index contributed by atoms with van der Waals surface area (Å²) in [6, 6.07) is 22.9. The van der Waals surface area contributed by atoms with Crippen molar-refractivity contribution < 1.29 is 5.11 Å². The highest BCUT2D eigenvalue weighted by Crippen LogP contribution is 2.36. The molecule has 0 aliphatic carbocycles. The van der Waals surface area contributed by atoms with Gasteiger partial charge in [0.15, 0.2) is 0 Å². The number of rotatable bonds is 5. The molecule has 0 amide bonds. The van der Waals surface area contributed by atoms with Crippen LogP contribution in [0, 0.1) is 11.3 Å². The zero-order valence-electron chi connectivity index (χ0n) is 15.2.